The van der Waals surface area contributed by atoms with Crippen molar-refractivity contribution in [1.29, 1.82) is 0 Å². The Labute approximate surface area is 194 Å². The fraction of sp³-hybridized carbons (Fsp3) is 0.240. The number of carbonyl (C=O) groups is 1. The van der Waals surface area contributed by atoms with Gasteiger partial charge >= 0.3 is 0 Å². The molecular weight excluding hydrogens is 414 g/mol. The molecule has 1 amide bonds. The molecular formula is C25H29N7O. The summed E-state index contributed by atoms with van der Waals surface area (Å²) in [6.07, 6.45) is 6.97. The number of aromatic nitrogens is 2. The molecule has 0 atom stereocenters. The summed E-state index contributed by atoms with van der Waals surface area (Å²) in [6.45, 7) is 2.39. The van der Waals surface area contributed by atoms with Crippen molar-refractivity contribution < 1.29 is 4.79 Å². The van der Waals surface area contributed by atoms with Crippen LogP contribution in [-0.2, 0) is 4.79 Å². The lowest BCUT2D eigenvalue weighted by Crippen LogP contribution is -2.29. The maximum Gasteiger partial charge on any atom is 0.256 e. The lowest BCUT2D eigenvalue weighted by molar-refractivity contribution is -0.111. The van der Waals surface area contributed by atoms with Crippen LogP contribution < -0.4 is 21.3 Å². The molecule has 1 aromatic carbocycles. The zero-order valence-electron chi connectivity index (χ0n) is 19.2. The smallest absolute Gasteiger partial charge is 0.256 e. The molecule has 0 bridgehead atoms. The fourth-order valence-electron chi connectivity index (χ4n) is 3.65. The van der Waals surface area contributed by atoms with Crippen molar-refractivity contribution in [3.8, 4) is 11.1 Å². The topological polar surface area (TPSA) is 99.4 Å². The first-order chi connectivity index (χ1) is 15.9. The minimum absolute atomic E-state index is 0.170. The normalized spacial score (nSPS) is 12.5. The molecule has 0 radical (unpaired) electrons. The zero-order valence-corrected chi connectivity index (χ0v) is 19.2. The van der Waals surface area contributed by atoms with Gasteiger partial charge in [0.15, 0.2) is 0 Å². The van der Waals surface area contributed by atoms with Crippen molar-refractivity contribution in [2.24, 2.45) is 0 Å². The molecule has 0 saturated carbocycles. The molecule has 170 valence electrons. The van der Waals surface area contributed by atoms with Crippen molar-refractivity contribution in [1.82, 2.24) is 14.9 Å². The van der Waals surface area contributed by atoms with Gasteiger partial charge in [0.25, 0.3) is 5.91 Å². The number of hydrogen-bond acceptors (Lipinski definition) is 7. The minimum atomic E-state index is -0.170. The molecule has 4 N–H and O–H groups in total. The Morgan fingerprint density at radius 2 is 1.91 bits per heavy atom. The monoisotopic (exact) mass is 443 g/mol. The van der Waals surface area contributed by atoms with Crippen molar-refractivity contribution in [2.45, 2.75) is 0 Å². The van der Waals surface area contributed by atoms with Gasteiger partial charge in [0.2, 0.25) is 0 Å². The van der Waals surface area contributed by atoms with E-state index in [1.165, 1.54) is 0 Å². The Hall–Kier alpha value is -3.91. The van der Waals surface area contributed by atoms with E-state index in [0.29, 0.717) is 23.5 Å². The number of pyridine rings is 2. The summed E-state index contributed by atoms with van der Waals surface area (Å²) in [6, 6.07) is 11.6. The van der Waals surface area contributed by atoms with Gasteiger partial charge in [-0.2, -0.15) is 0 Å². The average molecular weight is 444 g/mol. The van der Waals surface area contributed by atoms with Crippen LogP contribution in [0, 0.1) is 0 Å². The van der Waals surface area contributed by atoms with Crippen molar-refractivity contribution >= 4 is 34.4 Å². The van der Waals surface area contributed by atoms with E-state index >= 15 is 0 Å². The Bertz CT molecular complexity index is 1170. The van der Waals surface area contributed by atoms with Crippen LogP contribution in [0.1, 0.15) is 5.56 Å². The van der Waals surface area contributed by atoms with Crippen LogP contribution in [0.25, 0.3) is 16.7 Å². The van der Waals surface area contributed by atoms with E-state index in [9.17, 15) is 4.79 Å². The molecule has 0 spiro atoms. The Balaban J connectivity index is 1.50. The maximum absolute atomic E-state index is 13.1. The number of nitrogens with one attached hydrogen (secondary N) is 2. The third-order valence-corrected chi connectivity index (χ3v) is 5.53. The third-order valence-electron chi connectivity index (χ3n) is 5.53. The van der Waals surface area contributed by atoms with Crippen LogP contribution >= 0.6 is 0 Å². The van der Waals surface area contributed by atoms with Gasteiger partial charge in [-0.15, -0.1) is 0 Å². The highest BCUT2D eigenvalue weighted by atomic mass is 16.1. The summed E-state index contributed by atoms with van der Waals surface area (Å²) in [5.74, 6) is 0.692. The largest absolute Gasteiger partial charge is 0.397 e. The SMILES string of the molecule is CN(C)CCN(C)c1ccc(NC(=O)C2=CCNc3ccc(-c4cncc(N)c4)cc32)cn1. The minimum Gasteiger partial charge on any atom is -0.397 e. The summed E-state index contributed by atoms with van der Waals surface area (Å²) in [5, 5.41) is 6.30. The lowest BCUT2D eigenvalue weighted by Gasteiger charge is -2.21. The Kier molecular flexibility index (Phi) is 6.55. The number of anilines is 4. The number of amides is 1. The van der Waals surface area contributed by atoms with E-state index in [-0.39, 0.29) is 5.91 Å². The van der Waals surface area contributed by atoms with Gasteiger partial charge in [-0.1, -0.05) is 12.1 Å². The highest BCUT2D eigenvalue weighted by molar-refractivity contribution is 6.27. The maximum atomic E-state index is 13.1. The van der Waals surface area contributed by atoms with E-state index < -0.39 is 0 Å². The fourth-order valence-corrected chi connectivity index (χ4v) is 3.65. The summed E-state index contributed by atoms with van der Waals surface area (Å²) in [7, 11) is 6.10. The van der Waals surface area contributed by atoms with E-state index in [4.69, 9.17) is 5.73 Å². The van der Waals surface area contributed by atoms with E-state index in [1.807, 2.05) is 63.6 Å². The summed E-state index contributed by atoms with van der Waals surface area (Å²) in [4.78, 5) is 26.0. The molecule has 1 aliphatic heterocycles. The molecule has 3 aromatic rings. The van der Waals surface area contributed by atoms with Crippen LogP contribution in [0.2, 0.25) is 0 Å². The number of nitrogens with two attached hydrogens (primary N) is 1. The molecule has 8 nitrogen and oxygen atoms in total. The molecule has 0 aliphatic carbocycles. The number of benzene rings is 1. The van der Waals surface area contributed by atoms with E-state index in [0.717, 1.165) is 41.3 Å². The van der Waals surface area contributed by atoms with Crippen molar-refractivity contribution in [3.63, 3.8) is 0 Å². The summed E-state index contributed by atoms with van der Waals surface area (Å²) in [5.41, 5.74) is 11.4. The molecule has 2 aromatic heterocycles. The molecule has 0 unspecified atom stereocenters. The number of carbonyl (C=O) groups excluding carboxylic acids is 1. The molecule has 8 heteroatoms. The number of hydrogen-bond donors (Lipinski definition) is 3. The number of rotatable bonds is 7. The molecule has 0 saturated heterocycles. The molecule has 4 rings (SSSR count). The first-order valence-electron chi connectivity index (χ1n) is 10.8. The first kappa shape index (κ1) is 22.3. The number of nitrogen functional groups attached to an aromatic ring is 1. The second kappa shape index (κ2) is 9.70. The van der Waals surface area contributed by atoms with Gasteiger partial charge in [0.1, 0.15) is 5.82 Å². The van der Waals surface area contributed by atoms with Crippen LogP contribution in [0.15, 0.2) is 61.1 Å². The van der Waals surface area contributed by atoms with E-state index in [2.05, 4.69) is 30.4 Å². The van der Waals surface area contributed by atoms with Crippen molar-refractivity contribution in [2.75, 3.05) is 62.0 Å². The molecule has 33 heavy (non-hydrogen) atoms. The number of likely N-dealkylation sites (N-methyl/N-ethyl adjacent to an activating group) is 2. The molecule has 0 fully saturated rings. The van der Waals surface area contributed by atoms with Gasteiger partial charge in [-0.25, -0.2) is 4.98 Å². The Morgan fingerprint density at radius 3 is 2.64 bits per heavy atom. The van der Waals surface area contributed by atoms with E-state index in [1.54, 1.807) is 18.6 Å². The van der Waals surface area contributed by atoms with Crippen LogP contribution in [0.4, 0.5) is 22.9 Å². The van der Waals surface area contributed by atoms with Gasteiger partial charge in [-0.05, 0) is 50.0 Å². The summed E-state index contributed by atoms with van der Waals surface area (Å²) >= 11 is 0. The lowest BCUT2D eigenvalue weighted by atomic mass is 9.95. The second-order valence-electron chi connectivity index (χ2n) is 8.35. The van der Waals surface area contributed by atoms with Gasteiger partial charge in [0, 0.05) is 61.5 Å². The zero-order chi connectivity index (χ0) is 23.4. The van der Waals surface area contributed by atoms with Crippen LogP contribution in [-0.4, -0.2) is 61.6 Å². The highest BCUT2D eigenvalue weighted by Gasteiger charge is 2.20. The highest BCUT2D eigenvalue weighted by Crippen LogP contribution is 2.33. The van der Waals surface area contributed by atoms with Gasteiger partial charge in [-0.3, -0.25) is 9.78 Å². The third kappa shape index (κ3) is 5.30. The van der Waals surface area contributed by atoms with Crippen LogP contribution in [0.3, 0.4) is 0 Å². The predicted octanol–water partition coefficient (Wildman–Crippen LogP) is 3.17. The summed E-state index contributed by atoms with van der Waals surface area (Å²) < 4.78 is 0. The quantitative estimate of drug-likeness (QED) is 0.516. The predicted molar refractivity (Wildman–Crippen MR) is 135 cm³/mol. The Morgan fingerprint density at radius 1 is 1.06 bits per heavy atom. The van der Waals surface area contributed by atoms with Crippen LogP contribution in [0.5, 0.6) is 0 Å². The molecule has 1 aliphatic rings. The average Bonchev–Trinajstić information content (AvgIpc) is 2.82. The van der Waals surface area contributed by atoms with Crippen molar-refractivity contribution in [3.05, 3.63) is 66.6 Å². The number of nitrogens with zero attached hydrogens (tertiary/aromatic N) is 4. The standard InChI is InChI=1S/C25H29N7O/c1-31(2)10-11-32(3)24-7-5-20(16-29-24)30-25(33)21-8-9-28-23-6-4-17(13-22(21)23)18-12-19(26)15-27-14-18/h4-8,12-16,28H,9-11,26H2,1-3H3,(H,30,33). The first-order valence-corrected chi connectivity index (χ1v) is 10.8. The molecule has 3 heterocycles. The second-order valence-corrected chi connectivity index (χ2v) is 8.35. The van der Waals surface area contributed by atoms with Gasteiger partial charge in [0.05, 0.1) is 17.6 Å². The number of fused-ring (bicyclic) bond motifs is 1. The van der Waals surface area contributed by atoms with Gasteiger partial charge < -0.3 is 26.2 Å².